The summed E-state index contributed by atoms with van der Waals surface area (Å²) in [4.78, 5) is 36.2. The Balaban J connectivity index is 2.05. The molecule has 1 heterocycles. The third-order valence-corrected chi connectivity index (χ3v) is 5.65. The van der Waals surface area contributed by atoms with Gasteiger partial charge in [0.05, 0.1) is 14.2 Å². The molecule has 0 unspecified atom stereocenters. The number of ether oxygens (including phenoxy) is 2. The molecule has 0 aliphatic heterocycles. The molecule has 2 aliphatic carbocycles. The molecule has 140 valence electrons. The van der Waals surface area contributed by atoms with Gasteiger partial charge in [0.2, 0.25) is 0 Å². The molecule has 4 atom stereocenters. The van der Waals surface area contributed by atoms with Crippen molar-refractivity contribution < 1.29 is 23.5 Å². The number of Topliss-reactive ketones (excluding diaryl/α,β-unsaturated/α-hetero) is 1. The first-order valence-corrected chi connectivity index (χ1v) is 9.01. The highest BCUT2D eigenvalue weighted by atomic mass is 16.5. The Morgan fingerprint density at radius 2 is 1.88 bits per heavy atom. The lowest BCUT2D eigenvalue weighted by molar-refractivity contribution is -0.135. The highest BCUT2D eigenvalue weighted by Gasteiger charge is 2.39. The third-order valence-electron chi connectivity index (χ3n) is 5.65. The standard InChI is InChI=1S/C20H24O6/c1-11-8-9-12-6-4-5-7-13(12)16(11)15-10-14(24-2)17(19(22)26-15)18(21)20(23)25-3/h8-13,16H,4-7H2,1-3H3/t11-,12+,13+,16+/m0/s1. The van der Waals surface area contributed by atoms with Crippen LogP contribution in [0.3, 0.4) is 0 Å². The van der Waals surface area contributed by atoms with Crippen molar-refractivity contribution in [1.82, 2.24) is 0 Å². The average molecular weight is 360 g/mol. The summed E-state index contributed by atoms with van der Waals surface area (Å²) in [6.45, 7) is 2.10. The van der Waals surface area contributed by atoms with E-state index in [2.05, 4.69) is 23.8 Å². The lowest BCUT2D eigenvalue weighted by Gasteiger charge is -2.40. The lowest BCUT2D eigenvalue weighted by atomic mass is 9.64. The quantitative estimate of drug-likeness (QED) is 0.355. The van der Waals surface area contributed by atoms with Gasteiger partial charge in [-0.05, 0) is 30.6 Å². The largest absolute Gasteiger partial charge is 0.496 e. The topological polar surface area (TPSA) is 82.8 Å². The molecule has 1 aromatic rings. The van der Waals surface area contributed by atoms with Crippen LogP contribution in [0.4, 0.5) is 0 Å². The number of carbonyl (C=O) groups is 2. The third kappa shape index (κ3) is 3.20. The van der Waals surface area contributed by atoms with Crippen LogP contribution in [0.1, 0.15) is 54.6 Å². The summed E-state index contributed by atoms with van der Waals surface area (Å²) in [5.74, 6) is -0.459. The van der Waals surface area contributed by atoms with Gasteiger partial charge < -0.3 is 13.9 Å². The molecule has 2 aliphatic rings. The van der Waals surface area contributed by atoms with E-state index in [0.29, 0.717) is 17.6 Å². The first-order valence-electron chi connectivity index (χ1n) is 9.01. The number of fused-ring (bicyclic) bond motifs is 1. The molecule has 1 aromatic heterocycles. The Morgan fingerprint density at radius 1 is 1.15 bits per heavy atom. The highest BCUT2D eigenvalue weighted by Crippen LogP contribution is 2.48. The molecule has 0 bridgehead atoms. The Hall–Kier alpha value is -2.37. The van der Waals surface area contributed by atoms with Crippen LogP contribution in [0.25, 0.3) is 0 Å². The number of hydrogen-bond donors (Lipinski definition) is 0. The van der Waals surface area contributed by atoms with Gasteiger partial charge in [-0.1, -0.05) is 31.9 Å². The maximum absolute atomic E-state index is 12.5. The summed E-state index contributed by atoms with van der Waals surface area (Å²) in [5, 5.41) is 0. The maximum Gasteiger partial charge on any atom is 0.379 e. The van der Waals surface area contributed by atoms with E-state index in [1.807, 2.05) is 0 Å². The molecule has 1 fully saturated rings. The zero-order valence-corrected chi connectivity index (χ0v) is 15.3. The predicted octanol–water partition coefficient (Wildman–Crippen LogP) is 3.10. The minimum Gasteiger partial charge on any atom is -0.496 e. The number of ketones is 1. The van der Waals surface area contributed by atoms with Crippen LogP contribution < -0.4 is 10.4 Å². The van der Waals surface area contributed by atoms with Gasteiger partial charge in [-0.25, -0.2) is 9.59 Å². The molecule has 3 rings (SSSR count). The van der Waals surface area contributed by atoms with Crippen molar-refractivity contribution in [2.24, 2.45) is 17.8 Å². The molecule has 0 N–H and O–H groups in total. The second kappa shape index (κ2) is 7.48. The molecule has 26 heavy (non-hydrogen) atoms. The van der Waals surface area contributed by atoms with Gasteiger partial charge in [0, 0.05) is 12.0 Å². The molecule has 0 saturated heterocycles. The number of hydrogen-bond acceptors (Lipinski definition) is 6. The summed E-state index contributed by atoms with van der Waals surface area (Å²) in [5.41, 5.74) is -1.27. The van der Waals surface area contributed by atoms with E-state index >= 15 is 0 Å². The number of methoxy groups -OCH3 is 2. The Kier molecular flexibility index (Phi) is 5.30. The molecular weight excluding hydrogens is 336 g/mol. The summed E-state index contributed by atoms with van der Waals surface area (Å²) < 4.78 is 15.2. The van der Waals surface area contributed by atoms with Crippen molar-refractivity contribution in [2.75, 3.05) is 14.2 Å². The van der Waals surface area contributed by atoms with Crippen LogP contribution in [-0.2, 0) is 9.53 Å². The highest BCUT2D eigenvalue weighted by molar-refractivity contribution is 6.41. The van der Waals surface area contributed by atoms with E-state index in [9.17, 15) is 14.4 Å². The van der Waals surface area contributed by atoms with Crippen molar-refractivity contribution in [1.29, 1.82) is 0 Å². The van der Waals surface area contributed by atoms with E-state index < -0.39 is 22.9 Å². The maximum atomic E-state index is 12.5. The second-order valence-electron chi connectivity index (χ2n) is 7.08. The molecule has 0 aromatic carbocycles. The summed E-state index contributed by atoms with van der Waals surface area (Å²) in [7, 11) is 2.45. The molecule has 1 saturated carbocycles. The number of esters is 1. The van der Waals surface area contributed by atoms with E-state index in [-0.39, 0.29) is 17.6 Å². The molecule has 0 amide bonds. The van der Waals surface area contributed by atoms with Gasteiger partial charge in [0.15, 0.2) is 5.56 Å². The van der Waals surface area contributed by atoms with E-state index in [0.717, 1.165) is 20.0 Å². The van der Waals surface area contributed by atoms with E-state index in [1.165, 1.54) is 20.0 Å². The van der Waals surface area contributed by atoms with Crippen LogP contribution >= 0.6 is 0 Å². The minimum atomic E-state index is -1.12. The number of allylic oxidation sites excluding steroid dienone is 2. The zero-order valence-electron chi connectivity index (χ0n) is 15.3. The number of carbonyl (C=O) groups excluding carboxylic acids is 2. The van der Waals surface area contributed by atoms with Crippen LogP contribution in [0.2, 0.25) is 0 Å². The van der Waals surface area contributed by atoms with Gasteiger partial charge in [0.25, 0.3) is 5.78 Å². The van der Waals surface area contributed by atoms with Gasteiger partial charge in [-0.15, -0.1) is 0 Å². The van der Waals surface area contributed by atoms with E-state index in [4.69, 9.17) is 9.15 Å². The van der Waals surface area contributed by atoms with Gasteiger partial charge in [-0.2, -0.15) is 0 Å². The van der Waals surface area contributed by atoms with Crippen LogP contribution in [0.15, 0.2) is 27.4 Å². The fraction of sp³-hybridized carbons (Fsp3) is 0.550. The second-order valence-corrected chi connectivity index (χ2v) is 7.08. The Morgan fingerprint density at radius 3 is 2.58 bits per heavy atom. The molecule has 6 heteroatoms. The first-order chi connectivity index (χ1) is 12.5. The summed E-state index contributed by atoms with van der Waals surface area (Å²) in [6.07, 6.45) is 9.07. The average Bonchev–Trinajstić information content (AvgIpc) is 2.66. The Bertz CT molecular complexity index is 790. The van der Waals surface area contributed by atoms with Gasteiger partial charge in [-0.3, -0.25) is 4.79 Å². The predicted molar refractivity (Wildman–Crippen MR) is 94.4 cm³/mol. The zero-order chi connectivity index (χ0) is 18.8. The van der Waals surface area contributed by atoms with Crippen molar-refractivity contribution >= 4 is 11.8 Å². The molecule has 0 spiro atoms. The first kappa shape index (κ1) is 18.4. The monoisotopic (exact) mass is 360 g/mol. The lowest BCUT2D eigenvalue weighted by Crippen LogP contribution is -2.32. The van der Waals surface area contributed by atoms with Crippen LogP contribution in [0, 0.1) is 17.8 Å². The molecule has 0 radical (unpaired) electrons. The summed E-state index contributed by atoms with van der Waals surface area (Å²) in [6, 6.07) is 1.59. The van der Waals surface area contributed by atoms with Gasteiger partial charge >= 0.3 is 11.6 Å². The van der Waals surface area contributed by atoms with Crippen molar-refractivity contribution in [3.8, 4) is 5.75 Å². The van der Waals surface area contributed by atoms with Crippen LogP contribution in [0.5, 0.6) is 5.75 Å². The minimum absolute atomic E-state index is 0.0502. The smallest absolute Gasteiger partial charge is 0.379 e. The van der Waals surface area contributed by atoms with Gasteiger partial charge in [0.1, 0.15) is 11.5 Å². The summed E-state index contributed by atoms with van der Waals surface area (Å²) >= 11 is 0. The van der Waals surface area contributed by atoms with Crippen molar-refractivity contribution in [3.05, 3.63) is 40.0 Å². The Labute approximate surface area is 152 Å². The van der Waals surface area contributed by atoms with Crippen molar-refractivity contribution in [2.45, 2.75) is 38.5 Å². The molecular formula is C20H24O6. The van der Waals surface area contributed by atoms with Crippen LogP contribution in [-0.4, -0.2) is 26.0 Å². The molecule has 6 nitrogen and oxygen atoms in total. The SMILES string of the molecule is COC(=O)C(=O)c1c(OC)cc([C@H]2[C@@H]3CCCC[C@@H]3C=C[C@@H]2C)oc1=O. The fourth-order valence-corrected chi connectivity index (χ4v) is 4.38. The van der Waals surface area contributed by atoms with E-state index in [1.54, 1.807) is 6.07 Å². The normalized spacial score (nSPS) is 27.5. The fourth-order valence-electron chi connectivity index (χ4n) is 4.38. The van der Waals surface area contributed by atoms with Crippen molar-refractivity contribution in [3.63, 3.8) is 0 Å². The number of rotatable bonds is 4.